The molecule has 0 aliphatic carbocycles. The van der Waals surface area contributed by atoms with E-state index in [4.69, 9.17) is 5.73 Å². The van der Waals surface area contributed by atoms with Crippen molar-refractivity contribution in [3.05, 3.63) is 17.8 Å². The van der Waals surface area contributed by atoms with Crippen molar-refractivity contribution in [2.45, 2.75) is 32.1 Å². The Bertz CT molecular complexity index is 815. The number of hydrogen-bond donors (Lipinski definition) is 1. The fourth-order valence-electron chi connectivity index (χ4n) is 3.22. The minimum Gasteiger partial charge on any atom is -0.382 e. The standard InChI is InChI=1S/C15H23N5O2S/c1-3-9-23(21,22)20-8-4-5-11(10-20)13-7-6-12-14(16)18-19(2)15(12)17-13/h6-7,11H,3-5,8-10H2,1-2H3,(H2,16,18). The van der Waals surface area contributed by atoms with Crippen molar-refractivity contribution in [1.29, 1.82) is 0 Å². The van der Waals surface area contributed by atoms with Gasteiger partial charge in [-0.2, -0.15) is 5.10 Å². The number of aryl methyl sites for hydroxylation is 1. The first-order valence-electron chi connectivity index (χ1n) is 7.99. The third-order valence-electron chi connectivity index (χ3n) is 4.39. The maximum Gasteiger partial charge on any atom is 0.214 e. The number of pyridine rings is 1. The molecule has 2 N–H and O–H groups in total. The number of anilines is 1. The van der Waals surface area contributed by atoms with Crippen LogP contribution in [0.1, 0.15) is 37.8 Å². The average Bonchev–Trinajstić information content (AvgIpc) is 2.82. The van der Waals surface area contributed by atoms with E-state index in [2.05, 4.69) is 10.1 Å². The summed E-state index contributed by atoms with van der Waals surface area (Å²) in [6.07, 6.45) is 2.45. The molecule has 2 aromatic heterocycles. The van der Waals surface area contributed by atoms with E-state index in [-0.39, 0.29) is 11.7 Å². The maximum atomic E-state index is 12.3. The summed E-state index contributed by atoms with van der Waals surface area (Å²) in [5.74, 6) is 0.804. The summed E-state index contributed by atoms with van der Waals surface area (Å²) in [6.45, 7) is 3.01. The van der Waals surface area contributed by atoms with E-state index in [1.54, 1.807) is 8.99 Å². The molecule has 2 aromatic rings. The van der Waals surface area contributed by atoms with E-state index in [1.807, 2.05) is 26.1 Å². The Morgan fingerprint density at radius 1 is 1.39 bits per heavy atom. The van der Waals surface area contributed by atoms with Crippen molar-refractivity contribution in [1.82, 2.24) is 19.1 Å². The number of aromatic nitrogens is 3. The second kappa shape index (κ2) is 6.09. The Morgan fingerprint density at radius 3 is 2.91 bits per heavy atom. The van der Waals surface area contributed by atoms with Gasteiger partial charge in [0.2, 0.25) is 10.0 Å². The third-order valence-corrected chi connectivity index (χ3v) is 6.44. The van der Waals surface area contributed by atoms with Gasteiger partial charge in [-0.1, -0.05) is 6.92 Å². The highest BCUT2D eigenvalue weighted by Crippen LogP contribution is 2.29. The molecule has 1 unspecified atom stereocenters. The van der Waals surface area contributed by atoms with Crippen molar-refractivity contribution in [3.8, 4) is 0 Å². The predicted octanol–water partition coefficient (Wildman–Crippen LogP) is 1.47. The smallest absolute Gasteiger partial charge is 0.214 e. The molecule has 1 aliphatic heterocycles. The van der Waals surface area contributed by atoms with Gasteiger partial charge >= 0.3 is 0 Å². The molecule has 7 nitrogen and oxygen atoms in total. The van der Waals surface area contributed by atoms with E-state index in [0.717, 1.165) is 29.6 Å². The topological polar surface area (TPSA) is 94.1 Å². The van der Waals surface area contributed by atoms with Crippen molar-refractivity contribution >= 4 is 26.9 Å². The molecule has 126 valence electrons. The molecule has 0 amide bonds. The summed E-state index contributed by atoms with van der Waals surface area (Å²) in [5.41, 5.74) is 7.52. The largest absolute Gasteiger partial charge is 0.382 e. The number of nitrogens with two attached hydrogens (primary N) is 1. The van der Waals surface area contributed by atoms with Crippen LogP contribution in [-0.2, 0) is 17.1 Å². The molecule has 0 bridgehead atoms. The van der Waals surface area contributed by atoms with Crippen molar-refractivity contribution in [2.75, 3.05) is 24.6 Å². The molecule has 23 heavy (non-hydrogen) atoms. The molecule has 0 spiro atoms. The predicted molar refractivity (Wildman–Crippen MR) is 90.5 cm³/mol. The molecule has 1 aliphatic rings. The number of sulfonamides is 1. The first-order valence-corrected chi connectivity index (χ1v) is 9.60. The third kappa shape index (κ3) is 3.05. The lowest BCUT2D eigenvalue weighted by molar-refractivity contribution is 0.313. The van der Waals surface area contributed by atoms with Gasteiger partial charge in [0.15, 0.2) is 11.5 Å². The van der Waals surface area contributed by atoms with Crippen LogP contribution >= 0.6 is 0 Å². The molecule has 3 rings (SSSR count). The van der Waals surface area contributed by atoms with Crippen LogP contribution in [0.3, 0.4) is 0 Å². The van der Waals surface area contributed by atoms with Gasteiger partial charge in [-0.15, -0.1) is 0 Å². The molecular weight excluding hydrogens is 314 g/mol. The van der Waals surface area contributed by atoms with Crippen LogP contribution in [0.25, 0.3) is 11.0 Å². The minimum absolute atomic E-state index is 0.121. The van der Waals surface area contributed by atoms with Crippen molar-refractivity contribution in [3.63, 3.8) is 0 Å². The fraction of sp³-hybridized carbons (Fsp3) is 0.600. The van der Waals surface area contributed by atoms with Crippen LogP contribution < -0.4 is 5.73 Å². The summed E-state index contributed by atoms with van der Waals surface area (Å²) in [7, 11) is -1.34. The monoisotopic (exact) mass is 337 g/mol. The highest BCUT2D eigenvalue weighted by molar-refractivity contribution is 7.89. The Balaban J connectivity index is 1.88. The molecule has 1 saturated heterocycles. The molecule has 3 heterocycles. The number of nitrogen functional groups attached to an aromatic ring is 1. The quantitative estimate of drug-likeness (QED) is 0.912. The zero-order valence-electron chi connectivity index (χ0n) is 13.6. The van der Waals surface area contributed by atoms with E-state index in [0.29, 0.717) is 25.3 Å². The van der Waals surface area contributed by atoms with Gasteiger partial charge in [-0.3, -0.25) is 0 Å². The highest BCUT2D eigenvalue weighted by atomic mass is 32.2. The van der Waals surface area contributed by atoms with E-state index < -0.39 is 10.0 Å². The van der Waals surface area contributed by atoms with E-state index in [9.17, 15) is 8.42 Å². The number of rotatable bonds is 4. The van der Waals surface area contributed by atoms with Gasteiger partial charge < -0.3 is 5.73 Å². The zero-order chi connectivity index (χ0) is 16.6. The Hall–Kier alpha value is -1.67. The van der Waals surface area contributed by atoms with E-state index >= 15 is 0 Å². The van der Waals surface area contributed by atoms with Gasteiger partial charge in [-0.25, -0.2) is 22.4 Å². The minimum atomic E-state index is -3.15. The van der Waals surface area contributed by atoms with Gasteiger partial charge in [0.25, 0.3) is 0 Å². The molecule has 0 saturated carbocycles. The highest BCUT2D eigenvalue weighted by Gasteiger charge is 2.29. The number of fused-ring (bicyclic) bond motifs is 1. The normalized spacial score (nSPS) is 20.2. The van der Waals surface area contributed by atoms with E-state index in [1.165, 1.54) is 0 Å². The van der Waals surface area contributed by atoms with Crippen molar-refractivity contribution < 1.29 is 8.42 Å². The number of hydrogen-bond acceptors (Lipinski definition) is 5. The SMILES string of the molecule is CCCS(=O)(=O)N1CCCC(c2ccc3c(N)nn(C)c3n2)C1. The zero-order valence-corrected chi connectivity index (χ0v) is 14.4. The summed E-state index contributed by atoms with van der Waals surface area (Å²) in [4.78, 5) is 4.68. The summed E-state index contributed by atoms with van der Waals surface area (Å²) in [6, 6.07) is 3.88. The fourth-order valence-corrected chi connectivity index (χ4v) is 4.81. The lowest BCUT2D eigenvalue weighted by atomic mass is 9.95. The van der Waals surface area contributed by atoms with Crippen LogP contribution in [0.4, 0.5) is 5.82 Å². The molecular formula is C15H23N5O2S. The second-order valence-electron chi connectivity index (χ2n) is 6.13. The van der Waals surface area contributed by atoms with Gasteiger partial charge in [0.05, 0.1) is 11.1 Å². The Morgan fingerprint density at radius 2 is 2.17 bits per heavy atom. The molecule has 8 heteroatoms. The Labute approximate surface area is 136 Å². The van der Waals surface area contributed by atoms with Crippen LogP contribution in [0, 0.1) is 0 Å². The summed E-state index contributed by atoms with van der Waals surface area (Å²) in [5, 5.41) is 5.02. The second-order valence-corrected chi connectivity index (χ2v) is 8.22. The first kappa shape index (κ1) is 16.2. The molecule has 1 atom stereocenters. The molecule has 0 aromatic carbocycles. The Kier molecular flexibility index (Phi) is 4.29. The summed E-state index contributed by atoms with van der Waals surface area (Å²) < 4.78 is 27.9. The van der Waals surface area contributed by atoms with Crippen LogP contribution in [-0.4, -0.2) is 46.3 Å². The lowest BCUT2D eigenvalue weighted by Crippen LogP contribution is -2.40. The summed E-state index contributed by atoms with van der Waals surface area (Å²) >= 11 is 0. The van der Waals surface area contributed by atoms with Gasteiger partial charge in [0, 0.05) is 31.7 Å². The number of nitrogens with zero attached hydrogens (tertiary/aromatic N) is 4. The van der Waals surface area contributed by atoms with Crippen molar-refractivity contribution in [2.24, 2.45) is 7.05 Å². The van der Waals surface area contributed by atoms with Gasteiger partial charge in [0.1, 0.15) is 0 Å². The lowest BCUT2D eigenvalue weighted by Gasteiger charge is -2.31. The number of piperidine rings is 1. The first-order chi connectivity index (χ1) is 10.9. The maximum absolute atomic E-state index is 12.3. The average molecular weight is 337 g/mol. The molecule has 1 fully saturated rings. The van der Waals surface area contributed by atoms with Crippen LogP contribution in [0.15, 0.2) is 12.1 Å². The van der Waals surface area contributed by atoms with Gasteiger partial charge in [-0.05, 0) is 31.4 Å². The van der Waals surface area contributed by atoms with Crippen LogP contribution in [0.5, 0.6) is 0 Å². The molecule has 0 radical (unpaired) electrons. The van der Waals surface area contributed by atoms with Crippen LogP contribution in [0.2, 0.25) is 0 Å².